The summed E-state index contributed by atoms with van der Waals surface area (Å²) in [7, 11) is 0. The van der Waals surface area contributed by atoms with E-state index in [9.17, 15) is 5.11 Å². The highest BCUT2D eigenvalue weighted by Gasteiger charge is 2.10. The molecule has 0 bridgehead atoms. The number of nitrogens with two attached hydrogens (primary N) is 1. The van der Waals surface area contributed by atoms with Gasteiger partial charge in [-0.15, -0.1) is 0 Å². The van der Waals surface area contributed by atoms with E-state index in [4.69, 9.17) is 5.73 Å². The third-order valence-electron chi connectivity index (χ3n) is 1.64. The van der Waals surface area contributed by atoms with Crippen molar-refractivity contribution in [2.75, 3.05) is 0 Å². The van der Waals surface area contributed by atoms with Crippen molar-refractivity contribution in [2.45, 2.75) is 19.1 Å². The van der Waals surface area contributed by atoms with Gasteiger partial charge in [0.05, 0.1) is 6.10 Å². The lowest BCUT2D eigenvalue weighted by Gasteiger charge is -2.13. The monoisotopic (exact) mass is 168 g/mol. The summed E-state index contributed by atoms with van der Waals surface area (Å²) in [6.45, 7) is 1.79. The largest absolute Gasteiger partial charge is 0.387 e. The Kier molecular flexibility index (Phi) is 4.51. The maximum absolute atomic E-state index is 9.47. The van der Waals surface area contributed by atoms with Crippen LogP contribution < -0.4 is 11.9 Å². The number of benzene rings is 1. The van der Waals surface area contributed by atoms with Gasteiger partial charge in [0.15, 0.2) is 0 Å². The van der Waals surface area contributed by atoms with Crippen molar-refractivity contribution < 1.29 is 5.11 Å². The van der Waals surface area contributed by atoms with Gasteiger partial charge in [0.25, 0.3) is 0 Å². The molecule has 68 valence electrons. The molecule has 1 rings (SSSR count). The summed E-state index contributed by atoms with van der Waals surface area (Å²) in [5, 5.41) is 9.47. The lowest BCUT2D eigenvalue weighted by Crippen LogP contribution is -2.24. The Balaban J connectivity index is 0.00000121. The third-order valence-corrected chi connectivity index (χ3v) is 1.64. The van der Waals surface area contributed by atoms with Gasteiger partial charge in [-0.05, 0) is 12.5 Å². The Hall–Kier alpha value is -0.900. The first-order valence-corrected chi connectivity index (χ1v) is 3.70. The van der Waals surface area contributed by atoms with Gasteiger partial charge in [-0.3, -0.25) is 0 Å². The second kappa shape index (κ2) is 4.87. The minimum Gasteiger partial charge on any atom is -0.387 e. The number of aliphatic hydroxyl groups is 1. The summed E-state index contributed by atoms with van der Waals surface area (Å²) < 4.78 is 0. The van der Waals surface area contributed by atoms with Crippen LogP contribution in [-0.4, -0.2) is 11.1 Å². The molecule has 0 aromatic heterocycles. The topological polar surface area (TPSA) is 81.2 Å². The molecule has 1 aromatic carbocycles. The van der Waals surface area contributed by atoms with Gasteiger partial charge < -0.3 is 17.0 Å². The maximum Gasteiger partial charge on any atom is 0.0938 e. The van der Waals surface area contributed by atoms with Crippen LogP contribution in [0.5, 0.6) is 0 Å². The molecule has 0 aliphatic rings. The van der Waals surface area contributed by atoms with Crippen LogP contribution in [0, 0.1) is 0 Å². The fourth-order valence-electron chi connectivity index (χ4n) is 0.954. The van der Waals surface area contributed by atoms with Crippen molar-refractivity contribution in [3.05, 3.63) is 35.9 Å². The highest BCUT2D eigenvalue weighted by molar-refractivity contribution is 5.18. The van der Waals surface area contributed by atoms with Crippen LogP contribution in [0.1, 0.15) is 18.6 Å². The molecule has 2 atom stereocenters. The fourth-order valence-corrected chi connectivity index (χ4v) is 0.954. The van der Waals surface area contributed by atoms with Crippen LogP contribution in [0.2, 0.25) is 0 Å². The van der Waals surface area contributed by atoms with Crippen LogP contribution in [0.4, 0.5) is 0 Å². The maximum atomic E-state index is 9.47. The number of rotatable bonds is 2. The molecule has 12 heavy (non-hydrogen) atoms. The molecule has 0 spiro atoms. The molecular formula is C9H16N2O. The molecular weight excluding hydrogens is 152 g/mol. The van der Waals surface area contributed by atoms with Crippen molar-refractivity contribution in [1.82, 2.24) is 6.15 Å². The van der Waals surface area contributed by atoms with E-state index in [2.05, 4.69) is 0 Å². The average Bonchev–Trinajstić information content (AvgIpc) is 2.05. The average molecular weight is 168 g/mol. The molecule has 0 saturated carbocycles. The van der Waals surface area contributed by atoms with Crippen molar-refractivity contribution in [1.29, 1.82) is 0 Å². The van der Waals surface area contributed by atoms with Crippen LogP contribution in [0.3, 0.4) is 0 Å². The molecule has 0 aliphatic carbocycles. The lowest BCUT2D eigenvalue weighted by molar-refractivity contribution is 0.153. The molecule has 0 aliphatic heterocycles. The molecule has 1 aromatic rings. The van der Waals surface area contributed by atoms with Crippen molar-refractivity contribution in [3.8, 4) is 0 Å². The molecule has 0 heterocycles. The van der Waals surface area contributed by atoms with Crippen LogP contribution in [-0.2, 0) is 0 Å². The fraction of sp³-hybridized carbons (Fsp3) is 0.333. The number of hydrogen-bond acceptors (Lipinski definition) is 3. The zero-order valence-corrected chi connectivity index (χ0v) is 7.27. The van der Waals surface area contributed by atoms with Gasteiger partial charge in [0, 0.05) is 6.04 Å². The molecule has 3 nitrogen and oxygen atoms in total. The highest BCUT2D eigenvalue weighted by Crippen LogP contribution is 2.13. The van der Waals surface area contributed by atoms with Crippen molar-refractivity contribution >= 4 is 0 Å². The molecule has 0 amide bonds. The zero-order chi connectivity index (χ0) is 8.27. The Bertz CT molecular complexity index is 211. The standard InChI is InChI=1S/C9H13NO.H3N/c1-7(10)9(11)8-5-3-2-4-6-8;/h2-7,9,11H,10H2,1H3;1H3/t7-,9-;/m1./s1. The summed E-state index contributed by atoms with van der Waals surface area (Å²) in [4.78, 5) is 0. The Morgan fingerprint density at radius 2 is 1.75 bits per heavy atom. The quantitative estimate of drug-likeness (QED) is 0.621. The number of aliphatic hydroxyl groups excluding tert-OH is 1. The van der Waals surface area contributed by atoms with E-state index in [-0.39, 0.29) is 12.2 Å². The molecule has 0 saturated heterocycles. The van der Waals surface area contributed by atoms with Gasteiger partial charge in [-0.1, -0.05) is 30.3 Å². The van der Waals surface area contributed by atoms with Crippen LogP contribution in [0.25, 0.3) is 0 Å². The summed E-state index contributed by atoms with van der Waals surface area (Å²) in [6.07, 6.45) is -0.545. The minimum absolute atomic E-state index is 0. The molecule has 6 N–H and O–H groups in total. The van der Waals surface area contributed by atoms with E-state index in [1.807, 2.05) is 30.3 Å². The number of hydrogen-bond donors (Lipinski definition) is 3. The second-order valence-electron chi connectivity index (χ2n) is 2.71. The van der Waals surface area contributed by atoms with E-state index in [1.54, 1.807) is 6.92 Å². The lowest BCUT2D eigenvalue weighted by atomic mass is 10.0. The first-order chi connectivity index (χ1) is 5.22. The first kappa shape index (κ1) is 11.1. The first-order valence-electron chi connectivity index (χ1n) is 3.70. The zero-order valence-electron chi connectivity index (χ0n) is 7.27. The van der Waals surface area contributed by atoms with Gasteiger partial charge in [0.1, 0.15) is 0 Å². The predicted octanol–water partition coefficient (Wildman–Crippen LogP) is 1.23. The van der Waals surface area contributed by atoms with E-state index in [0.29, 0.717) is 0 Å². The molecule has 0 fully saturated rings. The Labute approximate surface area is 72.8 Å². The third kappa shape index (κ3) is 2.62. The summed E-state index contributed by atoms with van der Waals surface area (Å²) in [6, 6.07) is 9.22. The van der Waals surface area contributed by atoms with Crippen molar-refractivity contribution in [3.63, 3.8) is 0 Å². The van der Waals surface area contributed by atoms with Gasteiger partial charge in [0.2, 0.25) is 0 Å². The van der Waals surface area contributed by atoms with Crippen molar-refractivity contribution in [2.24, 2.45) is 5.73 Å². The SMILES string of the molecule is C[C@@H](N)[C@@H](O)c1ccccc1.N. The smallest absolute Gasteiger partial charge is 0.0938 e. The van der Waals surface area contributed by atoms with Gasteiger partial charge in [-0.25, -0.2) is 0 Å². The normalized spacial score (nSPS) is 14.6. The van der Waals surface area contributed by atoms with Crippen LogP contribution >= 0.6 is 0 Å². The molecule has 3 heteroatoms. The van der Waals surface area contributed by atoms with Crippen LogP contribution in [0.15, 0.2) is 30.3 Å². The van der Waals surface area contributed by atoms with E-state index in [0.717, 1.165) is 5.56 Å². The molecule has 0 unspecified atom stereocenters. The van der Waals surface area contributed by atoms with E-state index >= 15 is 0 Å². The van der Waals surface area contributed by atoms with E-state index < -0.39 is 6.10 Å². The van der Waals surface area contributed by atoms with Gasteiger partial charge in [-0.2, -0.15) is 0 Å². The Morgan fingerprint density at radius 3 is 2.17 bits per heavy atom. The summed E-state index contributed by atoms with van der Waals surface area (Å²) in [5.74, 6) is 0. The molecule has 0 radical (unpaired) electrons. The van der Waals surface area contributed by atoms with E-state index in [1.165, 1.54) is 0 Å². The second-order valence-corrected chi connectivity index (χ2v) is 2.71. The van der Waals surface area contributed by atoms with Gasteiger partial charge >= 0.3 is 0 Å². The summed E-state index contributed by atoms with van der Waals surface area (Å²) >= 11 is 0. The minimum atomic E-state index is -0.545. The predicted molar refractivity (Wildman–Crippen MR) is 50.1 cm³/mol. The Morgan fingerprint density at radius 1 is 1.25 bits per heavy atom. The summed E-state index contributed by atoms with van der Waals surface area (Å²) in [5.41, 5.74) is 6.40. The highest BCUT2D eigenvalue weighted by atomic mass is 16.3.